The lowest BCUT2D eigenvalue weighted by atomic mass is 9.89. The van der Waals surface area contributed by atoms with Crippen molar-refractivity contribution in [2.45, 2.75) is 57.8 Å². The summed E-state index contributed by atoms with van der Waals surface area (Å²) in [4.78, 5) is 61.2. The van der Waals surface area contributed by atoms with Crippen LogP contribution in [0.1, 0.15) is 44.6 Å². The van der Waals surface area contributed by atoms with Gasteiger partial charge in [0, 0.05) is 31.9 Å². The number of aromatic nitrogens is 3. The summed E-state index contributed by atoms with van der Waals surface area (Å²) in [6, 6.07) is 5.10. The lowest BCUT2D eigenvalue weighted by molar-refractivity contribution is -0.154. The number of nitrogens with zero attached hydrogens (tertiary/aromatic N) is 3. The predicted molar refractivity (Wildman–Crippen MR) is 174 cm³/mol. The SMILES string of the molecule is CNC(=O)C(=O)NC[C@H](NC(=O)C1=C2C=C(CC1C)Nc1nc(nc(OCC(F)(F)F)n1)NCc1ccc(cc1)OCCCCCCO2)C(=O)O. The summed E-state index contributed by atoms with van der Waals surface area (Å²) >= 11 is 0. The lowest BCUT2D eigenvalue weighted by Crippen LogP contribution is -2.51. The highest BCUT2D eigenvalue weighted by Crippen LogP contribution is 2.31. The number of hydrogen-bond acceptors (Lipinski definition) is 12. The highest BCUT2D eigenvalue weighted by molar-refractivity contribution is 6.35. The molecule has 6 N–H and O–H groups in total. The number of anilines is 2. The van der Waals surface area contributed by atoms with Gasteiger partial charge in [-0.1, -0.05) is 19.1 Å². The van der Waals surface area contributed by atoms with Crippen molar-refractivity contribution in [3.05, 3.63) is 52.9 Å². The van der Waals surface area contributed by atoms with Crippen LogP contribution in [0.5, 0.6) is 11.8 Å². The van der Waals surface area contributed by atoms with E-state index in [0.717, 1.165) is 24.8 Å². The van der Waals surface area contributed by atoms with Crippen LogP contribution in [0, 0.1) is 5.92 Å². The van der Waals surface area contributed by atoms with Crippen molar-refractivity contribution in [2.24, 2.45) is 5.92 Å². The lowest BCUT2D eigenvalue weighted by Gasteiger charge is -2.27. The average Bonchev–Trinajstić information content (AvgIpc) is 3.08. The Balaban J connectivity index is 1.63. The number of fused-ring (bicyclic) bond motifs is 10. The molecule has 2 atom stereocenters. The fourth-order valence-corrected chi connectivity index (χ4v) is 5.00. The fraction of sp³-hybridized carbons (Fsp3) is 0.469. The maximum absolute atomic E-state index is 13.5. The van der Waals surface area contributed by atoms with Crippen LogP contribution < -0.4 is 36.1 Å². The summed E-state index contributed by atoms with van der Waals surface area (Å²) in [5.41, 5.74) is 1.37. The molecule has 3 heterocycles. The van der Waals surface area contributed by atoms with E-state index < -0.39 is 61.0 Å². The number of benzene rings is 1. The summed E-state index contributed by atoms with van der Waals surface area (Å²) in [6.07, 6.45) is 0.0399. The number of alkyl halides is 3. The van der Waals surface area contributed by atoms with E-state index in [9.17, 15) is 37.5 Å². The van der Waals surface area contributed by atoms with Crippen molar-refractivity contribution in [3.63, 3.8) is 0 Å². The van der Waals surface area contributed by atoms with Crippen LogP contribution in [0.4, 0.5) is 25.1 Å². The zero-order chi connectivity index (χ0) is 37.0. The third kappa shape index (κ3) is 12.0. The first kappa shape index (κ1) is 38.2. The van der Waals surface area contributed by atoms with Gasteiger partial charge in [-0.05, 0) is 55.7 Å². The van der Waals surface area contributed by atoms with Gasteiger partial charge in [-0.3, -0.25) is 14.4 Å². The molecule has 0 spiro atoms. The molecule has 2 aliphatic heterocycles. The smallest absolute Gasteiger partial charge is 0.422 e. The summed E-state index contributed by atoms with van der Waals surface area (Å²) in [7, 11) is 1.23. The van der Waals surface area contributed by atoms with E-state index in [-0.39, 0.29) is 42.8 Å². The van der Waals surface area contributed by atoms with E-state index in [1.54, 1.807) is 19.1 Å². The normalized spacial score (nSPS) is 17.4. The van der Waals surface area contributed by atoms with Gasteiger partial charge in [0.1, 0.15) is 17.6 Å². The number of halogens is 3. The summed E-state index contributed by atoms with van der Waals surface area (Å²) in [5, 5.41) is 22.3. The number of hydrogen-bond donors (Lipinski definition) is 6. The van der Waals surface area contributed by atoms with E-state index in [0.29, 0.717) is 24.5 Å². The Kier molecular flexibility index (Phi) is 13.4. The van der Waals surface area contributed by atoms with Gasteiger partial charge in [0.15, 0.2) is 6.61 Å². The maximum atomic E-state index is 13.5. The van der Waals surface area contributed by atoms with Crippen molar-refractivity contribution < 1.29 is 51.7 Å². The number of aliphatic carboxylic acids is 1. The molecular formula is C32H39F3N8O8. The Hall–Kier alpha value is -5.62. The van der Waals surface area contributed by atoms with Crippen molar-refractivity contribution in [3.8, 4) is 11.8 Å². The van der Waals surface area contributed by atoms with E-state index in [2.05, 4.69) is 41.5 Å². The minimum Gasteiger partial charge on any atom is -0.494 e. The fourth-order valence-electron chi connectivity index (χ4n) is 5.00. The number of allylic oxidation sites excluding steroid dienone is 2. The summed E-state index contributed by atoms with van der Waals surface area (Å²) in [6.45, 7) is 0.394. The third-order valence-electron chi connectivity index (χ3n) is 7.53. The second-order valence-electron chi connectivity index (χ2n) is 11.6. The number of carbonyl (C=O) groups is 4. The number of carbonyl (C=O) groups excluding carboxylic acids is 3. The van der Waals surface area contributed by atoms with Gasteiger partial charge in [0.2, 0.25) is 11.9 Å². The summed E-state index contributed by atoms with van der Waals surface area (Å²) < 4.78 is 55.6. The number of carboxylic acid groups (broad SMARTS) is 1. The molecule has 3 aliphatic rings. The second-order valence-corrected chi connectivity index (χ2v) is 11.6. The molecule has 3 amide bonds. The summed E-state index contributed by atoms with van der Waals surface area (Å²) in [5.74, 6) is -4.31. The molecule has 2 aromatic rings. The Morgan fingerprint density at radius 3 is 2.35 bits per heavy atom. The molecule has 0 saturated carbocycles. The van der Waals surface area contributed by atoms with Gasteiger partial charge in [0.05, 0.1) is 18.8 Å². The van der Waals surface area contributed by atoms with Crippen LogP contribution in [-0.2, 0) is 30.5 Å². The number of carboxylic acids is 1. The minimum atomic E-state index is -4.65. The monoisotopic (exact) mass is 720 g/mol. The molecule has 1 aromatic carbocycles. The molecule has 16 nitrogen and oxygen atoms in total. The maximum Gasteiger partial charge on any atom is 0.422 e. The van der Waals surface area contributed by atoms with Gasteiger partial charge in [-0.15, -0.1) is 0 Å². The Labute approximate surface area is 290 Å². The Morgan fingerprint density at radius 2 is 1.69 bits per heavy atom. The molecule has 1 aromatic heterocycles. The van der Waals surface area contributed by atoms with E-state index >= 15 is 0 Å². The number of amides is 3. The van der Waals surface area contributed by atoms with Crippen molar-refractivity contribution in [1.82, 2.24) is 30.9 Å². The van der Waals surface area contributed by atoms with E-state index in [1.807, 2.05) is 12.1 Å². The first-order chi connectivity index (χ1) is 24.3. The Morgan fingerprint density at radius 1 is 1.00 bits per heavy atom. The molecular weight excluding hydrogens is 681 g/mol. The van der Waals surface area contributed by atoms with Crippen LogP contribution in [0.15, 0.2) is 47.4 Å². The number of ether oxygens (including phenoxy) is 3. The molecule has 51 heavy (non-hydrogen) atoms. The first-order valence-corrected chi connectivity index (χ1v) is 16.1. The van der Waals surface area contributed by atoms with E-state index in [4.69, 9.17) is 14.2 Å². The first-order valence-electron chi connectivity index (χ1n) is 16.1. The van der Waals surface area contributed by atoms with Crippen LogP contribution in [0.25, 0.3) is 0 Å². The zero-order valence-electron chi connectivity index (χ0n) is 27.9. The minimum absolute atomic E-state index is 0.0735. The van der Waals surface area contributed by atoms with Gasteiger partial charge in [-0.25, -0.2) is 4.79 Å². The number of rotatable bonds is 7. The Bertz CT molecular complexity index is 1640. The van der Waals surface area contributed by atoms with E-state index in [1.165, 1.54) is 13.1 Å². The van der Waals surface area contributed by atoms with Crippen molar-refractivity contribution in [1.29, 1.82) is 0 Å². The molecule has 5 rings (SSSR count). The second kappa shape index (κ2) is 17.9. The highest BCUT2D eigenvalue weighted by Gasteiger charge is 2.32. The van der Waals surface area contributed by atoms with Crippen LogP contribution in [0.2, 0.25) is 0 Å². The molecule has 1 unspecified atom stereocenters. The largest absolute Gasteiger partial charge is 0.494 e. The van der Waals surface area contributed by atoms with Crippen LogP contribution in [0.3, 0.4) is 0 Å². The van der Waals surface area contributed by atoms with Gasteiger partial charge in [0.25, 0.3) is 5.91 Å². The standard InChI is InChI=1S/C32H39F3N8O8/c1-18-13-20-14-23(24(18)25(44)40-22(28(47)48)16-37-27(46)26(45)36-2)50-12-6-4-3-5-11-49-21-9-7-19(8-10-21)15-38-29-41-30(39-20)43-31(42-29)51-17-32(33,34)35/h7-10,14,18,22H,3-6,11-13,15-17H2,1-2H3,(H,36,45)(H,37,46)(H,40,44)(H,47,48)(H2,38,39,41,42,43)/t18?,22-/m0/s1. The third-order valence-corrected chi connectivity index (χ3v) is 7.53. The number of nitrogens with one attached hydrogen (secondary N) is 5. The molecule has 6 bridgehead atoms. The van der Waals surface area contributed by atoms with Gasteiger partial charge >= 0.3 is 30.0 Å². The topological polar surface area (TPSA) is 215 Å². The zero-order valence-corrected chi connectivity index (χ0v) is 27.9. The van der Waals surface area contributed by atoms with Crippen molar-refractivity contribution in [2.75, 3.05) is 44.0 Å². The van der Waals surface area contributed by atoms with Gasteiger partial charge in [-0.2, -0.15) is 28.1 Å². The molecule has 0 saturated heterocycles. The molecule has 1 aliphatic carbocycles. The molecule has 19 heteroatoms. The highest BCUT2D eigenvalue weighted by atomic mass is 19.4. The molecule has 276 valence electrons. The van der Waals surface area contributed by atoms with Crippen molar-refractivity contribution >= 4 is 35.6 Å². The van der Waals surface area contributed by atoms with Gasteiger partial charge < -0.3 is 45.9 Å². The predicted octanol–water partition coefficient (Wildman–Crippen LogP) is 2.42. The average molecular weight is 721 g/mol. The molecule has 0 radical (unpaired) electrons. The van der Waals surface area contributed by atoms with Crippen LogP contribution in [-0.4, -0.2) is 89.4 Å². The quantitative estimate of drug-likeness (QED) is 0.227. The molecule has 0 fully saturated rings. The van der Waals surface area contributed by atoms with Crippen LogP contribution >= 0.6 is 0 Å². The number of likely N-dealkylation sites (N-methyl/N-ethyl adjacent to an activating group) is 1.